The minimum absolute atomic E-state index is 0.352. The lowest BCUT2D eigenvalue weighted by molar-refractivity contribution is 0.411. The maximum atomic E-state index is 12.1. The summed E-state index contributed by atoms with van der Waals surface area (Å²) >= 11 is 10.9. The molecular weight excluding hydrogens is 378 g/mol. The molecule has 1 N–H and O–H groups in total. The van der Waals surface area contributed by atoms with Gasteiger partial charge < -0.3 is 4.74 Å². The number of aromatic amines is 1. The number of thiophene rings is 1. The zero-order valence-corrected chi connectivity index (χ0v) is 13.9. The van der Waals surface area contributed by atoms with E-state index in [0.717, 1.165) is 9.35 Å². The Bertz CT molecular complexity index is 855. The van der Waals surface area contributed by atoms with Crippen molar-refractivity contribution in [3.05, 3.63) is 49.6 Å². The molecule has 0 fully saturated rings. The summed E-state index contributed by atoms with van der Waals surface area (Å²) < 4.78 is 7.44. The molecule has 108 valence electrons. The van der Waals surface area contributed by atoms with Crippen molar-refractivity contribution < 1.29 is 4.74 Å². The first-order valence-electron chi connectivity index (χ1n) is 5.86. The Morgan fingerprint density at radius 2 is 2.24 bits per heavy atom. The zero-order chi connectivity index (χ0) is 15.0. The van der Waals surface area contributed by atoms with Gasteiger partial charge in [-0.25, -0.2) is 4.79 Å². The van der Waals surface area contributed by atoms with Gasteiger partial charge in [-0.05, 0) is 40.2 Å². The second-order valence-corrected chi connectivity index (χ2v) is 6.40. The Balaban J connectivity index is 2.14. The molecule has 1 aromatic carbocycles. The number of nitrogens with one attached hydrogen (secondary N) is 1. The van der Waals surface area contributed by atoms with E-state index in [2.05, 4.69) is 26.0 Å². The fourth-order valence-electron chi connectivity index (χ4n) is 1.86. The molecule has 0 bridgehead atoms. The van der Waals surface area contributed by atoms with Crippen LogP contribution in [0.5, 0.6) is 5.75 Å². The normalized spacial score (nSPS) is 10.8. The Hall–Kier alpha value is -1.57. The number of ether oxygens (including phenoxy) is 1. The molecule has 0 unspecified atom stereocenters. The highest BCUT2D eigenvalue weighted by Crippen LogP contribution is 2.28. The molecular formula is C13H9BrClN3O2S. The van der Waals surface area contributed by atoms with E-state index in [1.807, 2.05) is 11.4 Å². The van der Waals surface area contributed by atoms with E-state index in [9.17, 15) is 4.79 Å². The highest BCUT2D eigenvalue weighted by Gasteiger charge is 2.14. The number of rotatable bonds is 3. The first-order valence-corrected chi connectivity index (χ1v) is 7.91. The third-order valence-corrected chi connectivity index (χ3v) is 4.72. The van der Waals surface area contributed by atoms with Gasteiger partial charge in [-0.3, -0.25) is 4.98 Å². The molecule has 3 aromatic rings. The highest BCUT2D eigenvalue weighted by molar-refractivity contribution is 9.10. The number of methoxy groups -OCH3 is 1. The van der Waals surface area contributed by atoms with Gasteiger partial charge in [0.15, 0.2) is 5.82 Å². The standard InChI is InChI=1S/C13H9BrClN3O2S/c1-20-10-3-2-8(15)5-9(10)18-13(19)16-12(17-18)11-4-7(14)6-21-11/h2-6H,1H3,(H,16,17,19). The van der Waals surface area contributed by atoms with Crippen LogP contribution in [0.4, 0.5) is 0 Å². The summed E-state index contributed by atoms with van der Waals surface area (Å²) in [7, 11) is 1.53. The molecule has 0 aliphatic rings. The van der Waals surface area contributed by atoms with E-state index in [-0.39, 0.29) is 5.69 Å². The van der Waals surface area contributed by atoms with E-state index in [1.165, 1.54) is 23.1 Å². The average Bonchev–Trinajstić information content (AvgIpc) is 3.05. The number of hydrogen-bond donors (Lipinski definition) is 1. The van der Waals surface area contributed by atoms with Crippen LogP contribution >= 0.6 is 38.9 Å². The van der Waals surface area contributed by atoms with Crippen LogP contribution in [-0.4, -0.2) is 21.9 Å². The Labute approximate surface area is 137 Å². The lowest BCUT2D eigenvalue weighted by atomic mass is 10.3. The van der Waals surface area contributed by atoms with E-state index >= 15 is 0 Å². The number of hydrogen-bond acceptors (Lipinski definition) is 4. The summed E-state index contributed by atoms with van der Waals surface area (Å²) in [6, 6.07) is 6.91. The number of aromatic nitrogens is 3. The van der Waals surface area contributed by atoms with Crippen molar-refractivity contribution in [2.24, 2.45) is 0 Å². The van der Waals surface area contributed by atoms with Gasteiger partial charge in [-0.15, -0.1) is 16.4 Å². The van der Waals surface area contributed by atoms with Gasteiger partial charge in [0.25, 0.3) is 0 Å². The topological polar surface area (TPSA) is 59.9 Å². The van der Waals surface area contributed by atoms with Crippen molar-refractivity contribution >= 4 is 38.9 Å². The average molecular weight is 387 g/mol. The first kappa shape index (κ1) is 14.4. The van der Waals surface area contributed by atoms with E-state index in [4.69, 9.17) is 16.3 Å². The van der Waals surface area contributed by atoms with Gasteiger partial charge in [-0.2, -0.15) is 4.68 Å². The van der Waals surface area contributed by atoms with Crippen LogP contribution in [0.2, 0.25) is 5.02 Å². The van der Waals surface area contributed by atoms with Crippen LogP contribution in [0, 0.1) is 0 Å². The summed E-state index contributed by atoms with van der Waals surface area (Å²) in [6.45, 7) is 0. The summed E-state index contributed by atoms with van der Waals surface area (Å²) in [5, 5.41) is 6.74. The van der Waals surface area contributed by atoms with Gasteiger partial charge >= 0.3 is 5.69 Å². The lowest BCUT2D eigenvalue weighted by Crippen LogP contribution is -2.16. The molecule has 21 heavy (non-hydrogen) atoms. The van der Waals surface area contributed by atoms with Gasteiger partial charge in [0.1, 0.15) is 11.4 Å². The van der Waals surface area contributed by atoms with Crippen molar-refractivity contribution in [1.29, 1.82) is 0 Å². The zero-order valence-electron chi connectivity index (χ0n) is 10.8. The van der Waals surface area contributed by atoms with E-state index in [1.54, 1.807) is 18.2 Å². The molecule has 0 aliphatic carbocycles. The maximum absolute atomic E-state index is 12.1. The summed E-state index contributed by atoms with van der Waals surface area (Å²) in [4.78, 5) is 15.7. The number of halogens is 2. The molecule has 3 rings (SSSR count). The smallest absolute Gasteiger partial charge is 0.348 e. The molecule has 0 amide bonds. The monoisotopic (exact) mass is 385 g/mol. The third-order valence-electron chi connectivity index (χ3n) is 2.79. The molecule has 0 radical (unpaired) electrons. The molecule has 0 saturated carbocycles. The second kappa shape index (κ2) is 5.67. The van der Waals surface area contributed by atoms with Crippen LogP contribution in [-0.2, 0) is 0 Å². The number of H-pyrrole nitrogens is 1. The largest absolute Gasteiger partial charge is 0.494 e. The number of nitrogens with zero attached hydrogens (tertiary/aromatic N) is 2. The fraction of sp³-hybridized carbons (Fsp3) is 0.0769. The van der Waals surface area contributed by atoms with Crippen molar-refractivity contribution in [2.75, 3.05) is 7.11 Å². The summed E-state index contributed by atoms with van der Waals surface area (Å²) in [5.41, 5.74) is 0.142. The van der Waals surface area contributed by atoms with Crippen LogP contribution < -0.4 is 10.4 Å². The molecule has 0 saturated heterocycles. The maximum Gasteiger partial charge on any atom is 0.348 e. The van der Waals surface area contributed by atoms with Crippen molar-refractivity contribution in [2.45, 2.75) is 0 Å². The second-order valence-electron chi connectivity index (χ2n) is 4.14. The van der Waals surface area contributed by atoms with Crippen LogP contribution in [0.15, 0.2) is 38.9 Å². The Kier molecular flexibility index (Phi) is 3.88. The predicted octanol–water partition coefficient (Wildman–Crippen LogP) is 3.71. The molecule has 0 atom stereocenters. The minimum atomic E-state index is -0.352. The minimum Gasteiger partial charge on any atom is -0.494 e. The quantitative estimate of drug-likeness (QED) is 0.746. The number of benzene rings is 1. The van der Waals surface area contributed by atoms with Crippen molar-refractivity contribution in [3.8, 4) is 22.1 Å². The van der Waals surface area contributed by atoms with Crippen LogP contribution in [0.1, 0.15) is 0 Å². The van der Waals surface area contributed by atoms with E-state index < -0.39 is 0 Å². The van der Waals surface area contributed by atoms with Crippen molar-refractivity contribution in [3.63, 3.8) is 0 Å². The van der Waals surface area contributed by atoms with Gasteiger partial charge in [0, 0.05) is 14.9 Å². The van der Waals surface area contributed by atoms with Crippen LogP contribution in [0.3, 0.4) is 0 Å². The molecule has 2 aromatic heterocycles. The first-order chi connectivity index (χ1) is 10.1. The summed E-state index contributed by atoms with van der Waals surface area (Å²) in [6.07, 6.45) is 0. The highest BCUT2D eigenvalue weighted by atomic mass is 79.9. The third kappa shape index (κ3) is 2.76. The lowest BCUT2D eigenvalue weighted by Gasteiger charge is -2.07. The van der Waals surface area contributed by atoms with Crippen molar-refractivity contribution in [1.82, 2.24) is 14.8 Å². The Morgan fingerprint density at radius 3 is 2.90 bits per heavy atom. The Morgan fingerprint density at radius 1 is 1.43 bits per heavy atom. The summed E-state index contributed by atoms with van der Waals surface area (Å²) in [5.74, 6) is 1.02. The van der Waals surface area contributed by atoms with Gasteiger partial charge in [-0.1, -0.05) is 11.6 Å². The van der Waals surface area contributed by atoms with Crippen LogP contribution in [0.25, 0.3) is 16.4 Å². The molecule has 5 nitrogen and oxygen atoms in total. The molecule has 0 aliphatic heterocycles. The molecule has 2 heterocycles. The fourth-order valence-corrected chi connectivity index (χ4v) is 3.40. The van der Waals surface area contributed by atoms with Gasteiger partial charge in [0.2, 0.25) is 0 Å². The van der Waals surface area contributed by atoms with Gasteiger partial charge in [0.05, 0.1) is 12.0 Å². The predicted molar refractivity (Wildman–Crippen MR) is 86.8 cm³/mol. The SMILES string of the molecule is COc1ccc(Cl)cc1-n1nc(-c2cc(Br)cs2)[nH]c1=O. The van der Waals surface area contributed by atoms with E-state index in [0.29, 0.717) is 22.3 Å². The molecule has 8 heteroatoms. The molecule has 0 spiro atoms.